The van der Waals surface area contributed by atoms with Crippen LogP contribution in [-0.2, 0) is 5.41 Å². The number of hydrogen-bond acceptors (Lipinski definition) is 2. The van der Waals surface area contributed by atoms with Gasteiger partial charge in [0.25, 0.3) is 0 Å². The van der Waals surface area contributed by atoms with E-state index in [0.29, 0.717) is 0 Å². The van der Waals surface area contributed by atoms with E-state index in [1.807, 2.05) is 0 Å². The number of ether oxygens (including phenoxy) is 1. The molecular weight excluding hydrogens is 390 g/mol. The Kier molecular flexibility index (Phi) is 6.61. The van der Waals surface area contributed by atoms with Gasteiger partial charge in [-0.3, -0.25) is 0 Å². The van der Waals surface area contributed by atoms with Crippen LogP contribution in [0.25, 0.3) is 0 Å². The molecule has 0 bridgehead atoms. The van der Waals surface area contributed by atoms with Crippen molar-refractivity contribution in [1.82, 2.24) is 0 Å². The highest BCUT2D eigenvalue weighted by Crippen LogP contribution is 2.45. The molecule has 2 heteroatoms. The smallest absolute Gasteiger partial charge is 0.118 e. The molecule has 4 aromatic carbocycles. The summed E-state index contributed by atoms with van der Waals surface area (Å²) in [7, 11) is 1.71. The van der Waals surface area contributed by atoms with E-state index in [9.17, 15) is 0 Å². The predicted octanol–water partition coefficient (Wildman–Crippen LogP) is 6.92. The van der Waals surface area contributed by atoms with Crippen LogP contribution in [0, 0.1) is 0 Å². The molecule has 162 valence electrons. The molecule has 0 aromatic heterocycles. The zero-order chi connectivity index (χ0) is 22.4. The summed E-state index contributed by atoms with van der Waals surface area (Å²) in [5.41, 5.74) is 5.76. The fraction of sp³-hybridized carbons (Fsp3) is 0.200. The minimum absolute atomic E-state index is 0.434. The molecule has 32 heavy (non-hydrogen) atoms. The third-order valence-corrected chi connectivity index (χ3v) is 6.37. The second-order valence-corrected chi connectivity index (χ2v) is 7.93. The maximum Gasteiger partial charge on any atom is 0.118 e. The second-order valence-electron chi connectivity index (χ2n) is 7.93. The average Bonchev–Trinajstić information content (AvgIpc) is 2.88. The van der Waals surface area contributed by atoms with Crippen molar-refractivity contribution in [2.45, 2.75) is 19.3 Å². The zero-order valence-electron chi connectivity index (χ0n) is 19.2. The van der Waals surface area contributed by atoms with Gasteiger partial charge >= 0.3 is 0 Å². The summed E-state index contributed by atoms with van der Waals surface area (Å²) >= 11 is 0. The first-order valence-electron chi connectivity index (χ1n) is 11.3. The predicted molar refractivity (Wildman–Crippen MR) is 135 cm³/mol. The second kappa shape index (κ2) is 9.74. The SMILES string of the molecule is CCN(CC)c1ccc(C(c2ccccc2)(c2ccccc2)c2ccc(OC)cc2)cc1. The number of hydrogen-bond donors (Lipinski definition) is 0. The molecule has 0 radical (unpaired) electrons. The first-order valence-corrected chi connectivity index (χ1v) is 11.3. The molecule has 0 aliphatic heterocycles. The van der Waals surface area contributed by atoms with Gasteiger partial charge in [0, 0.05) is 18.8 Å². The van der Waals surface area contributed by atoms with Crippen molar-refractivity contribution in [2.75, 3.05) is 25.1 Å². The van der Waals surface area contributed by atoms with E-state index in [1.54, 1.807) is 7.11 Å². The van der Waals surface area contributed by atoms with Crippen molar-refractivity contribution >= 4 is 5.69 Å². The molecule has 0 aliphatic carbocycles. The summed E-state index contributed by atoms with van der Waals surface area (Å²) in [5.74, 6) is 0.862. The molecule has 0 unspecified atom stereocenters. The van der Waals surface area contributed by atoms with Crippen molar-refractivity contribution in [3.63, 3.8) is 0 Å². The fourth-order valence-electron chi connectivity index (χ4n) is 4.73. The van der Waals surface area contributed by atoms with Gasteiger partial charge in [-0.25, -0.2) is 0 Å². The fourth-order valence-corrected chi connectivity index (χ4v) is 4.73. The normalized spacial score (nSPS) is 11.2. The minimum Gasteiger partial charge on any atom is -0.497 e. The van der Waals surface area contributed by atoms with Crippen LogP contribution in [0.5, 0.6) is 5.75 Å². The molecule has 4 rings (SSSR count). The Hall–Kier alpha value is -3.52. The summed E-state index contributed by atoms with van der Waals surface area (Å²) < 4.78 is 5.46. The largest absolute Gasteiger partial charge is 0.497 e. The summed E-state index contributed by atoms with van der Waals surface area (Å²) in [6, 6.07) is 39.2. The van der Waals surface area contributed by atoms with E-state index in [-0.39, 0.29) is 0 Å². The quantitative estimate of drug-likeness (QED) is 0.286. The van der Waals surface area contributed by atoms with E-state index >= 15 is 0 Å². The minimum atomic E-state index is -0.434. The van der Waals surface area contributed by atoms with Crippen LogP contribution in [0.15, 0.2) is 109 Å². The van der Waals surface area contributed by atoms with Gasteiger partial charge in [-0.05, 0) is 60.4 Å². The van der Waals surface area contributed by atoms with Crippen LogP contribution < -0.4 is 9.64 Å². The van der Waals surface area contributed by atoms with Gasteiger partial charge in [-0.2, -0.15) is 0 Å². The van der Waals surface area contributed by atoms with E-state index in [4.69, 9.17) is 4.74 Å². The highest BCUT2D eigenvalue weighted by molar-refractivity contribution is 5.62. The lowest BCUT2D eigenvalue weighted by atomic mass is 9.65. The van der Waals surface area contributed by atoms with Crippen LogP contribution >= 0.6 is 0 Å². The molecule has 0 heterocycles. The third kappa shape index (κ3) is 3.89. The Morgan fingerprint density at radius 1 is 0.562 bits per heavy atom. The molecule has 0 atom stereocenters. The maximum absolute atomic E-state index is 5.46. The van der Waals surface area contributed by atoms with Gasteiger partial charge in [0.2, 0.25) is 0 Å². The van der Waals surface area contributed by atoms with Gasteiger partial charge in [0.05, 0.1) is 12.5 Å². The summed E-state index contributed by atoms with van der Waals surface area (Å²) in [6.45, 7) is 6.40. The van der Waals surface area contributed by atoms with Gasteiger partial charge in [0.15, 0.2) is 0 Å². The molecule has 0 saturated heterocycles. The number of methoxy groups -OCH3 is 1. The Morgan fingerprint density at radius 3 is 1.38 bits per heavy atom. The molecule has 0 fully saturated rings. The molecule has 2 nitrogen and oxygen atoms in total. The number of nitrogens with zero attached hydrogens (tertiary/aromatic N) is 1. The Balaban J connectivity index is 2.00. The lowest BCUT2D eigenvalue weighted by molar-refractivity contribution is 0.414. The Bertz CT molecular complexity index is 1060. The monoisotopic (exact) mass is 421 g/mol. The Labute approximate surface area is 192 Å². The van der Waals surface area contributed by atoms with Crippen molar-refractivity contribution in [1.29, 1.82) is 0 Å². The highest BCUT2D eigenvalue weighted by atomic mass is 16.5. The summed E-state index contributed by atoms with van der Waals surface area (Å²) in [5, 5.41) is 0. The molecular formula is C30H31NO. The molecule has 0 spiro atoms. The van der Waals surface area contributed by atoms with Gasteiger partial charge in [0.1, 0.15) is 5.75 Å². The highest BCUT2D eigenvalue weighted by Gasteiger charge is 2.38. The lowest BCUT2D eigenvalue weighted by Crippen LogP contribution is -2.31. The standard InChI is InChI=1S/C30H31NO/c1-4-31(5-2)28-20-16-26(17-21-28)30(24-12-8-6-9-13-24,25-14-10-7-11-15-25)27-18-22-29(32-3)23-19-27/h6-23H,4-5H2,1-3H3. The van der Waals surface area contributed by atoms with E-state index in [2.05, 4.69) is 128 Å². The van der Waals surface area contributed by atoms with Crippen molar-refractivity contribution in [3.8, 4) is 5.75 Å². The van der Waals surface area contributed by atoms with Gasteiger partial charge < -0.3 is 9.64 Å². The lowest BCUT2D eigenvalue weighted by Gasteiger charge is -2.37. The first-order chi connectivity index (χ1) is 15.7. The van der Waals surface area contributed by atoms with Gasteiger partial charge in [-0.15, -0.1) is 0 Å². The van der Waals surface area contributed by atoms with Crippen molar-refractivity contribution < 1.29 is 4.74 Å². The van der Waals surface area contributed by atoms with Crippen LogP contribution in [0.4, 0.5) is 5.69 Å². The molecule has 0 amide bonds. The van der Waals surface area contributed by atoms with Crippen molar-refractivity contribution in [3.05, 3.63) is 131 Å². The van der Waals surface area contributed by atoms with Crippen LogP contribution in [0.2, 0.25) is 0 Å². The van der Waals surface area contributed by atoms with E-state index in [0.717, 1.165) is 18.8 Å². The molecule has 4 aromatic rings. The van der Waals surface area contributed by atoms with Crippen LogP contribution in [-0.4, -0.2) is 20.2 Å². The van der Waals surface area contributed by atoms with E-state index < -0.39 is 5.41 Å². The number of rotatable bonds is 8. The van der Waals surface area contributed by atoms with Crippen molar-refractivity contribution in [2.24, 2.45) is 0 Å². The Morgan fingerprint density at radius 2 is 0.969 bits per heavy atom. The molecule has 0 saturated carbocycles. The number of benzene rings is 4. The third-order valence-electron chi connectivity index (χ3n) is 6.37. The average molecular weight is 422 g/mol. The van der Waals surface area contributed by atoms with Crippen LogP contribution in [0.1, 0.15) is 36.1 Å². The first kappa shape index (κ1) is 21.7. The maximum atomic E-state index is 5.46. The summed E-state index contributed by atoms with van der Waals surface area (Å²) in [6.07, 6.45) is 0. The number of anilines is 1. The van der Waals surface area contributed by atoms with E-state index in [1.165, 1.54) is 27.9 Å². The zero-order valence-corrected chi connectivity index (χ0v) is 19.2. The molecule has 0 aliphatic rings. The van der Waals surface area contributed by atoms with Gasteiger partial charge in [-0.1, -0.05) is 84.9 Å². The molecule has 0 N–H and O–H groups in total. The summed E-state index contributed by atoms with van der Waals surface area (Å²) in [4.78, 5) is 2.38. The topological polar surface area (TPSA) is 12.5 Å². The van der Waals surface area contributed by atoms with Crippen LogP contribution in [0.3, 0.4) is 0 Å².